The SMILES string of the molecule is Cn1c(=O)[nH]c2c(Cl)cccc21. The second-order valence-electron chi connectivity index (χ2n) is 2.62. The van der Waals surface area contributed by atoms with Crippen LogP contribution in [0.1, 0.15) is 0 Å². The third-order valence-corrected chi connectivity index (χ3v) is 2.20. The van der Waals surface area contributed by atoms with Crippen LogP contribution in [0.2, 0.25) is 5.02 Å². The zero-order valence-corrected chi connectivity index (χ0v) is 7.22. The highest BCUT2D eigenvalue weighted by molar-refractivity contribution is 6.34. The van der Waals surface area contributed by atoms with Gasteiger partial charge in [0.2, 0.25) is 0 Å². The lowest BCUT2D eigenvalue weighted by Gasteiger charge is -1.93. The minimum Gasteiger partial charge on any atom is -0.304 e. The van der Waals surface area contributed by atoms with Crippen molar-refractivity contribution in [2.45, 2.75) is 0 Å². The van der Waals surface area contributed by atoms with Crippen LogP contribution in [0.15, 0.2) is 23.0 Å². The minimum atomic E-state index is -0.141. The van der Waals surface area contributed by atoms with E-state index in [0.29, 0.717) is 10.5 Å². The van der Waals surface area contributed by atoms with E-state index in [4.69, 9.17) is 11.6 Å². The van der Waals surface area contributed by atoms with Gasteiger partial charge >= 0.3 is 5.69 Å². The van der Waals surface area contributed by atoms with E-state index in [2.05, 4.69) is 4.98 Å². The molecule has 0 aliphatic carbocycles. The van der Waals surface area contributed by atoms with Crippen LogP contribution in [0, 0.1) is 0 Å². The average Bonchev–Trinajstić information content (AvgIpc) is 2.32. The van der Waals surface area contributed by atoms with Crippen molar-refractivity contribution in [1.29, 1.82) is 0 Å². The van der Waals surface area contributed by atoms with Gasteiger partial charge in [-0.05, 0) is 12.1 Å². The van der Waals surface area contributed by atoms with Crippen LogP contribution in [0.5, 0.6) is 0 Å². The number of rotatable bonds is 0. The van der Waals surface area contributed by atoms with Gasteiger partial charge in [0.1, 0.15) is 0 Å². The number of hydrogen-bond acceptors (Lipinski definition) is 1. The predicted molar refractivity (Wildman–Crippen MR) is 48.5 cm³/mol. The Hall–Kier alpha value is -1.22. The number of H-pyrrole nitrogens is 1. The van der Waals surface area contributed by atoms with E-state index in [1.54, 1.807) is 13.1 Å². The second-order valence-corrected chi connectivity index (χ2v) is 3.03. The first-order chi connectivity index (χ1) is 5.70. The summed E-state index contributed by atoms with van der Waals surface area (Å²) in [6.07, 6.45) is 0. The average molecular weight is 183 g/mol. The molecule has 2 aromatic rings. The van der Waals surface area contributed by atoms with Crippen molar-refractivity contribution in [1.82, 2.24) is 9.55 Å². The number of imidazole rings is 1. The third-order valence-electron chi connectivity index (χ3n) is 1.89. The first-order valence-corrected chi connectivity index (χ1v) is 3.91. The van der Waals surface area contributed by atoms with E-state index in [1.807, 2.05) is 12.1 Å². The number of aromatic nitrogens is 2. The quantitative estimate of drug-likeness (QED) is 0.659. The summed E-state index contributed by atoms with van der Waals surface area (Å²) in [5.41, 5.74) is 1.39. The number of halogens is 1. The summed E-state index contributed by atoms with van der Waals surface area (Å²) in [4.78, 5) is 13.8. The van der Waals surface area contributed by atoms with Gasteiger partial charge in [0.25, 0.3) is 0 Å². The number of para-hydroxylation sites is 1. The van der Waals surface area contributed by atoms with Gasteiger partial charge in [-0.2, -0.15) is 0 Å². The third kappa shape index (κ3) is 0.865. The molecule has 0 unspecified atom stereocenters. The molecule has 3 nitrogen and oxygen atoms in total. The van der Waals surface area contributed by atoms with E-state index in [-0.39, 0.29) is 5.69 Å². The van der Waals surface area contributed by atoms with E-state index in [1.165, 1.54) is 4.57 Å². The van der Waals surface area contributed by atoms with Gasteiger partial charge in [-0.1, -0.05) is 17.7 Å². The fraction of sp³-hybridized carbons (Fsp3) is 0.125. The zero-order valence-electron chi connectivity index (χ0n) is 6.47. The predicted octanol–water partition coefficient (Wildman–Crippen LogP) is 1.52. The topological polar surface area (TPSA) is 37.8 Å². The maximum atomic E-state index is 11.1. The van der Waals surface area contributed by atoms with Crippen LogP contribution in [-0.2, 0) is 7.05 Å². The summed E-state index contributed by atoms with van der Waals surface area (Å²) in [6.45, 7) is 0. The van der Waals surface area contributed by atoms with Gasteiger partial charge in [-0.25, -0.2) is 4.79 Å². The van der Waals surface area contributed by atoms with E-state index in [0.717, 1.165) is 5.52 Å². The van der Waals surface area contributed by atoms with Crippen LogP contribution in [0.4, 0.5) is 0 Å². The molecule has 0 spiro atoms. The summed E-state index contributed by atoms with van der Waals surface area (Å²) >= 11 is 5.86. The Morgan fingerprint density at radius 2 is 2.25 bits per heavy atom. The summed E-state index contributed by atoms with van der Waals surface area (Å²) in [5, 5.41) is 0.574. The van der Waals surface area contributed by atoms with Crippen LogP contribution in [0.25, 0.3) is 11.0 Å². The number of fused-ring (bicyclic) bond motifs is 1. The van der Waals surface area contributed by atoms with Crippen molar-refractivity contribution >= 4 is 22.6 Å². The monoisotopic (exact) mass is 182 g/mol. The van der Waals surface area contributed by atoms with Gasteiger partial charge in [0.05, 0.1) is 16.1 Å². The molecule has 0 saturated carbocycles. The van der Waals surface area contributed by atoms with Crippen LogP contribution >= 0.6 is 11.6 Å². The van der Waals surface area contributed by atoms with Crippen molar-refractivity contribution < 1.29 is 0 Å². The van der Waals surface area contributed by atoms with Crippen molar-refractivity contribution in [2.75, 3.05) is 0 Å². The number of aromatic amines is 1. The molecule has 2 rings (SSSR count). The fourth-order valence-corrected chi connectivity index (χ4v) is 1.43. The first-order valence-electron chi connectivity index (χ1n) is 3.53. The summed E-state index contributed by atoms with van der Waals surface area (Å²) < 4.78 is 1.53. The summed E-state index contributed by atoms with van der Waals surface area (Å²) in [7, 11) is 1.71. The van der Waals surface area contributed by atoms with Gasteiger partial charge in [0.15, 0.2) is 0 Å². The lowest BCUT2D eigenvalue weighted by molar-refractivity contribution is 0.891. The first kappa shape index (κ1) is 7.43. The number of nitrogens with one attached hydrogen (secondary N) is 1. The molecule has 0 fully saturated rings. The molecule has 0 atom stereocenters. The molecular formula is C8H7ClN2O. The van der Waals surface area contributed by atoms with Gasteiger partial charge in [-0.15, -0.1) is 0 Å². The Bertz CT molecular complexity index is 483. The molecule has 1 aromatic heterocycles. The van der Waals surface area contributed by atoms with Crippen LogP contribution in [-0.4, -0.2) is 9.55 Å². The maximum absolute atomic E-state index is 11.1. The Labute approximate surface area is 73.6 Å². The standard InChI is InChI=1S/C8H7ClN2O/c1-11-6-4-2-3-5(9)7(6)10-8(11)12/h2-4H,1H3,(H,10,12). The number of benzene rings is 1. The number of aryl methyl sites for hydroxylation is 1. The van der Waals surface area contributed by atoms with Gasteiger partial charge in [-0.3, -0.25) is 4.57 Å². The number of nitrogens with zero attached hydrogens (tertiary/aromatic N) is 1. The fourth-order valence-electron chi connectivity index (χ4n) is 1.22. The van der Waals surface area contributed by atoms with Gasteiger partial charge < -0.3 is 4.98 Å². The highest BCUT2D eigenvalue weighted by atomic mass is 35.5. The molecule has 0 aliphatic rings. The largest absolute Gasteiger partial charge is 0.326 e. The normalized spacial score (nSPS) is 10.8. The molecule has 1 aromatic carbocycles. The Balaban J connectivity index is 3.05. The lowest BCUT2D eigenvalue weighted by Crippen LogP contribution is -2.11. The Morgan fingerprint density at radius 1 is 1.50 bits per heavy atom. The molecule has 0 amide bonds. The van der Waals surface area contributed by atoms with Crippen molar-refractivity contribution in [3.63, 3.8) is 0 Å². The smallest absolute Gasteiger partial charge is 0.304 e. The molecule has 0 radical (unpaired) electrons. The van der Waals surface area contributed by atoms with Gasteiger partial charge in [0, 0.05) is 7.05 Å². The molecule has 4 heteroatoms. The van der Waals surface area contributed by atoms with E-state index in [9.17, 15) is 4.79 Å². The lowest BCUT2D eigenvalue weighted by atomic mass is 10.3. The van der Waals surface area contributed by atoms with E-state index >= 15 is 0 Å². The van der Waals surface area contributed by atoms with E-state index < -0.39 is 0 Å². The van der Waals surface area contributed by atoms with Crippen molar-refractivity contribution in [2.24, 2.45) is 7.05 Å². The Kier molecular flexibility index (Phi) is 1.48. The molecular weight excluding hydrogens is 176 g/mol. The Morgan fingerprint density at radius 3 is 2.92 bits per heavy atom. The highest BCUT2D eigenvalue weighted by Gasteiger charge is 2.04. The molecule has 0 aliphatic heterocycles. The maximum Gasteiger partial charge on any atom is 0.326 e. The van der Waals surface area contributed by atoms with Crippen molar-refractivity contribution in [3.8, 4) is 0 Å². The zero-order chi connectivity index (χ0) is 8.72. The molecule has 0 saturated heterocycles. The van der Waals surface area contributed by atoms with Crippen LogP contribution in [0.3, 0.4) is 0 Å². The number of hydrogen-bond donors (Lipinski definition) is 1. The molecule has 62 valence electrons. The van der Waals surface area contributed by atoms with Crippen LogP contribution < -0.4 is 5.69 Å². The minimum absolute atomic E-state index is 0.141. The molecule has 1 N–H and O–H groups in total. The van der Waals surface area contributed by atoms with Crippen molar-refractivity contribution in [3.05, 3.63) is 33.7 Å². The molecule has 12 heavy (non-hydrogen) atoms. The highest BCUT2D eigenvalue weighted by Crippen LogP contribution is 2.18. The summed E-state index contributed by atoms with van der Waals surface area (Å²) in [5.74, 6) is 0. The molecule has 0 bridgehead atoms. The summed E-state index contributed by atoms with van der Waals surface area (Å²) in [6, 6.07) is 5.41. The second kappa shape index (κ2) is 2.38. The molecule has 1 heterocycles.